The summed E-state index contributed by atoms with van der Waals surface area (Å²) >= 11 is 0. The Morgan fingerprint density at radius 1 is 0.552 bits per heavy atom. The summed E-state index contributed by atoms with van der Waals surface area (Å²) in [5, 5.41) is 22.1. The van der Waals surface area contributed by atoms with Gasteiger partial charge in [0.1, 0.15) is 17.2 Å². The Bertz CT molecular complexity index is 2520. The second kappa shape index (κ2) is 12.0. The number of hydrogen-bond acceptors (Lipinski definition) is 8. The van der Waals surface area contributed by atoms with Crippen molar-refractivity contribution in [3.8, 4) is 11.5 Å². The van der Waals surface area contributed by atoms with Crippen LogP contribution in [-0.2, 0) is 23.9 Å². The van der Waals surface area contributed by atoms with Crippen LogP contribution < -0.4 is 14.7 Å². The zero-order valence-electron chi connectivity index (χ0n) is 32.0. The fourth-order valence-corrected chi connectivity index (χ4v) is 8.99. The molecule has 0 unspecified atom stereocenters. The van der Waals surface area contributed by atoms with Crippen molar-refractivity contribution >= 4 is 40.7 Å². The summed E-state index contributed by atoms with van der Waals surface area (Å²) in [5.41, 5.74) is -8.74. The lowest BCUT2D eigenvalue weighted by Crippen LogP contribution is -2.55. The van der Waals surface area contributed by atoms with Crippen LogP contribution >= 0.6 is 0 Å². The number of imide groups is 2. The lowest BCUT2D eigenvalue weighted by molar-refractivity contribution is -0.288. The van der Waals surface area contributed by atoms with Crippen LogP contribution in [-0.4, -0.2) is 63.3 Å². The summed E-state index contributed by atoms with van der Waals surface area (Å²) in [6.07, 6.45) is -12.3. The fraction of sp³-hybridized carbons (Fsp3) is 0.333. The minimum atomic E-state index is -6.13. The van der Waals surface area contributed by atoms with Gasteiger partial charge in [-0.15, -0.1) is 0 Å². The summed E-state index contributed by atoms with van der Waals surface area (Å²) in [6, 6.07) is 9.35. The van der Waals surface area contributed by atoms with E-state index in [0.717, 1.165) is 27.8 Å². The third kappa shape index (κ3) is 5.18. The number of carbonyl (C=O) groups is 4. The standard InChI is InChI=1S/C42H36F6N4O6/c1-38(2,3)32-26-17-49-19-50(28(26)11-13-30(32)53)18-27-29(49)12-14-31(54)33(27)51-34(55)22-9-7-20(15-24(22)35(51)56)40(41(43,44)45,42(46,47)48)21-8-10-23-25(16-21)37(58)52(36(23)57)39(4,5)6/h7-16,53-54H,17-19H2,1-6H3. The molecular weight excluding hydrogens is 770 g/mol. The molecule has 4 aromatic carbocycles. The first-order valence-electron chi connectivity index (χ1n) is 18.2. The zero-order chi connectivity index (χ0) is 42.4. The molecular formula is C42H36F6N4O6. The Morgan fingerprint density at radius 2 is 1.00 bits per heavy atom. The molecule has 0 aromatic heterocycles. The number of hydrogen-bond donors (Lipinski definition) is 2. The molecule has 8 rings (SSSR count). The number of fused-ring (bicyclic) bond motifs is 8. The van der Waals surface area contributed by atoms with Crippen LogP contribution in [0, 0.1) is 0 Å². The van der Waals surface area contributed by atoms with E-state index in [1.165, 1.54) is 26.8 Å². The molecule has 4 aliphatic heterocycles. The van der Waals surface area contributed by atoms with Gasteiger partial charge in [-0.3, -0.25) is 24.1 Å². The van der Waals surface area contributed by atoms with E-state index in [2.05, 4.69) is 0 Å². The lowest BCUT2D eigenvalue weighted by atomic mass is 9.71. The highest BCUT2D eigenvalue weighted by Gasteiger charge is 2.73. The van der Waals surface area contributed by atoms with Gasteiger partial charge in [-0.2, -0.15) is 26.3 Å². The molecule has 4 heterocycles. The van der Waals surface area contributed by atoms with Gasteiger partial charge in [-0.05, 0) is 85.8 Å². The molecule has 58 heavy (non-hydrogen) atoms. The molecule has 2 N–H and O–H groups in total. The van der Waals surface area contributed by atoms with E-state index in [1.807, 2.05) is 30.6 Å². The van der Waals surface area contributed by atoms with Crippen LogP contribution in [0.3, 0.4) is 0 Å². The Labute approximate surface area is 327 Å². The van der Waals surface area contributed by atoms with Gasteiger partial charge in [0.05, 0.1) is 28.9 Å². The zero-order valence-corrected chi connectivity index (χ0v) is 32.0. The molecule has 302 valence electrons. The van der Waals surface area contributed by atoms with Crippen molar-refractivity contribution in [3.63, 3.8) is 0 Å². The Morgan fingerprint density at radius 3 is 1.52 bits per heavy atom. The number of aromatic hydroxyl groups is 2. The highest BCUT2D eigenvalue weighted by molar-refractivity contribution is 6.35. The van der Waals surface area contributed by atoms with Gasteiger partial charge in [0.25, 0.3) is 23.6 Å². The summed E-state index contributed by atoms with van der Waals surface area (Å²) in [5.74, 6) is -4.72. The number of nitrogens with zero attached hydrogens (tertiary/aromatic N) is 4. The molecule has 4 amide bonds. The van der Waals surface area contributed by atoms with Gasteiger partial charge in [0.2, 0.25) is 5.41 Å². The van der Waals surface area contributed by atoms with E-state index in [9.17, 15) is 29.4 Å². The molecule has 0 fully saturated rings. The predicted octanol–water partition coefficient (Wildman–Crippen LogP) is 8.30. The molecule has 0 saturated carbocycles. The van der Waals surface area contributed by atoms with E-state index < -0.39 is 85.9 Å². The van der Waals surface area contributed by atoms with Crippen LogP contribution in [0.15, 0.2) is 60.7 Å². The molecule has 4 aromatic rings. The molecule has 0 aliphatic carbocycles. The van der Waals surface area contributed by atoms with Gasteiger partial charge < -0.3 is 20.0 Å². The van der Waals surface area contributed by atoms with Gasteiger partial charge in [0, 0.05) is 46.7 Å². The number of anilines is 3. The number of amides is 4. The molecule has 0 atom stereocenters. The Balaban J connectivity index is 1.24. The largest absolute Gasteiger partial charge is 0.508 e. The third-order valence-corrected chi connectivity index (χ3v) is 11.4. The quantitative estimate of drug-likeness (QED) is 0.157. The Hall–Kier alpha value is -6.06. The van der Waals surface area contributed by atoms with E-state index >= 15 is 26.3 Å². The molecule has 10 nitrogen and oxygen atoms in total. The summed E-state index contributed by atoms with van der Waals surface area (Å²) in [7, 11) is 0. The number of phenols is 2. The minimum Gasteiger partial charge on any atom is -0.508 e. The van der Waals surface area contributed by atoms with Crippen LogP contribution in [0.5, 0.6) is 11.5 Å². The lowest BCUT2D eigenvalue weighted by Gasteiger charge is -2.47. The highest BCUT2D eigenvalue weighted by Crippen LogP contribution is 2.57. The van der Waals surface area contributed by atoms with Crippen molar-refractivity contribution in [1.82, 2.24) is 4.90 Å². The summed E-state index contributed by atoms with van der Waals surface area (Å²) < 4.78 is 92.2. The number of benzene rings is 4. The van der Waals surface area contributed by atoms with E-state index in [0.29, 0.717) is 59.7 Å². The van der Waals surface area contributed by atoms with Crippen molar-refractivity contribution < 1.29 is 55.7 Å². The number of halogens is 6. The Kier molecular flexibility index (Phi) is 8.02. The minimum absolute atomic E-state index is 0.0348. The predicted molar refractivity (Wildman–Crippen MR) is 199 cm³/mol. The molecule has 0 radical (unpaired) electrons. The van der Waals surface area contributed by atoms with Gasteiger partial charge in [-0.1, -0.05) is 32.9 Å². The van der Waals surface area contributed by atoms with Crippen LogP contribution in [0.25, 0.3) is 0 Å². The van der Waals surface area contributed by atoms with E-state index in [4.69, 9.17) is 0 Å². The van der Waals surface area contributed by atoms with Gasteiger partial charge in [0.15, 0.2) is 0 Å². The first-order valence-corrected chi connectivity index (χ1v) is 18.2. The normalized spacial score (nSPS) is 16.9. The first-order chi connectivity index (χ1) is 26.8. The number of rotatable bonds is 3. The molecule has 0 spiro atoms. The highest BCUT2D eigenvalue weighted by atomic mass is 19.4. The third-order valence-electron chi connectivity index (χ3n) is 11.4. The maximum Gasteiger partial charge on any atom is 0.411 e. The fourth-order valence-electron chi connectivity index (χ4n) is 8.99. The number of phenolic OH excluding ortho intramolecular Hbond substituents is 2. The van der Waals surface area contributed by atoms with Crippen molar-refractivity contribution in [3.05, 3.63) is 111 Å². The van der Waals surface area contributed by atoms with E-state index in [1.54, 1.807) is 18.2 Å². The maximum absolute atomic E-state index is 15.4. The SMILES string of the molecule is CC(C)(C)c1c(O)ccc2c1CN1CN2Cc2c1ccc(O)c2N1C(=O)c2ccc(C(c3ccc4c(c3)C(=O)N(C(C)(C)C)C4=O)(C(F)(F)F)C(F)(F)F)cc2C1=O. The van der Waals surface area contributed by atoms with Crippen molar-refractivity contribution in [2.24, 2.45) is 0 Å². The average molecular weight is 807 g/mol. The second-order valence-electron chi connectivity index (χ2n) is 17.0. The van der Waals surface area contributed by atoms with Crippen LogP contribution in [0.1, 0.15) is 111 Å². The smallest absolute Gasteiger partial charge is 0.411 e. The molecule has 4 aliphatic rings. The van der Waals surface area contributed by atoms with Crippen molar-refractivity contribution in [2.45, 2.75) is 83.4 Å². The van der Waals surface area contributed by atoms with Gasteiger partial charge >= 0.3 is 12.4 Å². The monoisotopic (exact) mass is 806 g/mol. The second-order valence-corrected chi connectivity index (χ2v) is 17.0. The van der Waals surface area contributed by atoms with Gasteiger partial charge in [-0.25, -0.2) is 4.90 Å². The molecule has 2 bridgehead atoms. The average Bonchev–Trinajstić information content (AvgIpc) is 3.50. The van der Waals surface area contributed by atoms with E-state index in [-0.39, 0.29) is 23.5 Å². The van der Waals surface area contributed by atoms with Crippen molar-refractivity contribution in [2.75, 3.05) is 21.4 Å². The van der Waals surface area contributed by atoms with Crippen LogP contribution in [0.4, 0.5) is 43.4 Å². The summed E-state index contributed by atoms with van der Waals surface area (Å²) in [4.78, 5) is 59.8. The van der Waals surface area contributed by atoms with Crippen LogP contribution in [0.2, 0.25) is 0 Å². The summed E-state index contributed by atoms with van der Waals surface area (Å²) in [6.45, 7) is 11.0. The number of alkyl halides is 6. The number of carbonyl (C=O) groups excluding carboxylic acids is 4. The first kappa shape index (κ1) is 38.8. The van der Waals surface area contributed by atoms with Crippen molar-refractivity contribution in [1.29, 1.82) is 0 Å². The molecule has 0 saturated heterocycles. The topological polar surface area (TPSA) is 122 Å². The maximum atomic E-state index is 15.4. The molecule has 16 heteroatoms.